The number of rotatable bonds is 10. The van der Waals surface area contributed by atoms with Crippen LogP contribution in [0.5, 0.6) is 0 Å². The second-order valence-electron chi connectivity index (χ2n) is 7.65. The van der Waals surface area contributed by atoms with E-state index in [1.54, 1.807) is 17.2 Å². The summed E-state index contributed by atoms with van der Waals surface area (Å²) in [5.74, 6) is 0.822. The van der Waals surface area contributed by atoms with Gasteiger partial charge in [-0.1, -0.05) is 13.8 Å². The number of ether oxygens (including phenoxy) is 1. The number of amides is 2. The van der Waals surface area contributed by atoms with Crippen LogP contribution in [0.4, 0.5) is 11.4 Å². The third-order valence-corrected chi connectivity index (χ3v) is 4.35. The number of nitrogens with zero attached hydrogens (tertiary/aromatic N) is 2. The lowest BCUT2D eigenvalue weighted by Gasteiger charge is -2.25. The van der Waals surface area contributed by atoms with Crippen molar-refractivity contribution in [2.75, 3.05) is 38.0 Å². The van der Waals surface area contributed by atoms with Gasteiger partial charge < -0.3 is 24.3 Å². The van der Waals surface area contributed by atoms with Crippen LogP contribution in [0.25, 0.3) is 0 Å². The Morgan fingerprint density at radius 1 is 1.17 bits per heavy atom. The fourth-order valence-corrected chi connectivity index (χ4v) is 3.05. The van der Waals surface area contributed by atoms with Gasteiger partial charge in [0.05, 0.1) is 12.8 Å². The minimum Gasteiger partial charge on any atom is -0.467 e. The first-order chi connectivity index (χ1) is 13.8. The maximum absolute atomic E-state index is 12.6. The molecule has 0 bridgehead atoms. The Labute approximate surface area is 172 Å². The van der Waals surface area contributed by atoms with Crippen molar-refractivity contribution >= 4 is 23.2 Å². The lowest BCUT2D eigenvalue weighted by atomic mass is 10.1. The fourth-order valence-electron chi connectivity index (χ4n) is 3.05. The number of methoxy groups -OCH3 is 1. The molecule has 2 rings (SSSR count). The average Bonchev–Trinajstić information content (AvgIpc) is 3.13. The van der Waals surface area contributed by atoms with Crippen LogP contribution in [0.2, 0.25) is 0 Å². The molecule has 0 aliphatic heterocycles. The zero-order chi connectivity index (χ0) is 21.4. The van der Waals surface area contributed by atoms with Crippen LogP contribution in [-0.2, 0) is 27.4 Å². The Morgan fingerprint density at radius 3 is 2.52 bits per heavy atom. The van der Waals surface area contributed by atoms with Crippen LogP contribution >= 0.6 is 0 Å². The Balaban J connectivity index is 2.28. The molecule has 158 valence electrons. The summed E-state index contributed by atoms with van der Waals surface area (Å²) in [5.41, 5.74) is 2.61. The topological polar surface area (TPSA) is 75.0 Å². The van der Waals surface area contributed by atoms with Gasteiger partial charge in [0.15, 0.2) is 0 Å². The largest absolute Gasteiger partial charge is 0.467 e. The van der Waals surface area contributed by atoms with Gasteiger partial charge in [-0.15, -0.1) is 0 Å². The number of furan rings is 1. The number of hydrogen-bond acceptors (Lipinski definition) is 5. The third-order valence-electron chi connectivity index (χ3n) is 4.35. The monoisotopic (exact) mass is 401 g/mol. The van der Waals surface area contributed by atoms with Crippen molar-refractivity contribution in [1.82, 2.24) is 4.90 Å². The predicted molar refractivity (Wildman–Crippen MR) is 114 cm³/mol. The van der Waals surface area contributed by atoms with E-state index in [1.165, 1.54) is 7.11 Å². The van der Waals surface area contributed by atoms with E-state index >= 15 is 0 Å². The normalized spacial score (nSPS) is 10.8. The molecule has 0 aliphatic carbocycles. The highest BCUT2D eigenvalue weighted by Gasteiger charge is 2.19. The fraction of sp³-hybridized carbons (Fsp3) is 0.455. The van der Waals surface area contributed by atoms with Crippen LogP contribution in [0.3, 0.4) is 0 Å². The molecule has 7 nitrogen and oxygen atoms in total. The van der Waals surface area contributed by atoms with Gasteiger partial charge in [-0.3, -0.25) is 9.59 Å². The molecule has 0 radical (unpaired) electrons. The summed E-state index contributed by atoms with van der Waals surface area (Å²) >= 11 is 0. The summed E-state index contributed by atoms with van der Waals surface area (Å²) in [6.07, 6.45) is 2.05. The van der Waals surface area contributed by atoms with Crippen molar-refractivity contribution in [3.8, 4) is 0 Å². The first-order valence-corrected chi connectivity index (χ1v) is 9.69. The highest BCUT2D eigenvalue weighted by Crippen LogP contribution is 2.25. The minimum atomic E-state index is -0.136. The van der Waals surface area contributed by atoms with Gasteiger partial charge in [-0.25, -0.2) is 0 Å². The first kappa shape index (κ1) is 22.5. The van der Waals surface area contributed by atoms with E-state index in [0.29, 0.717) is 31.0 Å². The Morgan fingerprint density at radius 2 is 1.93 bits per heavy atom. The van der Waals surface area contributed by atoms with Gasteiger partial charge in [-0.2, -0.15) is 0 Å². The quantitative estimate of drug-likeness (QED) is 0.659. The van der Waals surface area contributed by atoms with Gasteiger partial charge in [0, 0.05) is 45.5 Å². The zero-order valence-corrected chi connectivity index (χ0v) is 17.9. The summed E-state index contributed by atoms with van der Waals surface area (Å²) < 4.78 is 10.5. The van der Waals surface area contributed by atoms with Gasteiger partial charge in [0.1, 0.15) is 12.4 Å². The molecule has 1 N–H and O–H groups in total. The lowest BCUT2D eigenvalue weighted by molar-refractivity contribution is -0.136. The molecule has 1 aromatic carbocycles. The van der Waals surface area contributed by atoms with Crippen molar-refractivity contribution in [2.24, 2.45) is 5.92 Å². The first-order valence-electron chi connectivity index (χ1n) is 9.69. The van der Waals surface area contributed by atoms with E-state index in [2.05, 4.69) is 5.32 Å². The van der Waals surface area contributed by atoms with Crippen molar-refractivity contribution in [3.05, 3.63) is 47.9 Å². The molecular weight excluding hydrogens is 370 g/mol. The summed E-state index contributed by atoms with van der Waals surface area (Å²) in [5, 5.41) is 2.95. The summed E-state index contributed by atoms with van der Waals surface area (Å²) in [6, 6.07) is 9.38. The average molecular weight is 402 g/mol. The third kappa shape index (κ3) is 6.94. The van der Waals surface area contributed by atoms with Gasteiger partial charge in [0.25, 0.3) is 0 Å². The molecule has 1 aromatic heterocycles. The Hall–Kier alpha value is -2.80. The van der Waals surface area contributed by atoms with Gasteiger partial charge in [-0.05, 0) is 41.8 Å². The highest BCUT2D eigenvalue weighted by molar-refractivity contribution is 5.91. The van der Waals surface area contributed by atoms with E-state index in [4.69, 9.17) is 9.15 Å². The van der Waals surface area contributed by atoms with Crippen LogP contribution in [0.15, 0.2) is 41.0 Å². The van der Waals surface area contributed by atoms with E-state index in [0.717, 1.165) is 11.3 Å². The number of benzene rings is 1. The molecular formula is C22H31N3O4. The minimum absolute atomic E-state index is 0.0111. The number of nitrogens with one attached hydrogen (secondary N) is 1. The molecule has 2 amide bonds. The SMILES string of the molecule is COCC(=O)N(Cc1ccco1)Cc1cc(NC(=O)CC(C)C)ccc1N(C)C. The molecule has 0 saturated carbocycles. The van der Waals surface area contributed by atoms with Gasteiger partial charge in [0.2, 0.25) is 11.8 Å². The molecule has 0 fully saturated rings. The maximum atomic E-state index is 12.6. The van der Waals surface area contributed by atoms with E-state index < -0.39 is 0 Å². The van der Waals surface area contributed by atoms with Crippen molar-refractivity contribution in [2.45, 2.75) is 33.4 Å². The number of carbonyl (C=O) groups is 2. The van der Waals surface area contributed by atoms with Crippen LogP contribution in [0.1, 0.15) is 31.6 Å². The van der Waals surface area contributed by atoms with Crippen LogP contribution < -0.4 is 10.2 Å². The maximum Gasteiger partial charge on any atom is 0.249 e. The smallest absolute Gasteiger partial charge is 0.249 e. The van der Waals surface area contributed by atoms with Crippen molar-refractivity contribution < 1.29 is 18.7 Å². The van der Waals surface area contributed by atoms with Crippen molar-refractivity contribution in [1.29, 1.82) is 0 Å². The van der Waals surface area contributed by atoms with Crippen molar-refractivity contribution in [3.63, 3.8) is 0 Å². The van der Waals surface area contributed by atoms with Gasteiger partial charge >= 0.3 is 0 Å². The molecule has 0 spiro atoms. The van der Waals surface area contributed by atoms with E-state index in [-0.39, 0.29) is 24.3 Å². The summed E-state index contributed by atoms with van der Waals surface area (Å²) in [7, 11) is 5.40. The Bertz CT molecular complexity index is 800. The van der Waals surface area contributed by atoms with Crippen LogP contribution in [0, 0.1) is 5.92 Å². The summed E-state index contributed by atoms with van der Waals surface area (Å²) in [6.45, 7) is 4.71. The highest BCUT2D eigenvalue weighted by atomic mass is 16.5. The second-order valence-corrected chi connectivity index (χ2v) is 7.65. The molecule has 1 heterocycles. The predicted octanol–water partition coefficient (Wildman–Crippen LogP) is 3.51. The van der Waals surface area contributed by atoms with E-state index in [9.17, 15) is 9.59 Å². The molecule has 0 saturated heterocycles. The van der Waals surface area contributed by atoms with Crippen LogP contribution in [-0.4, -0.2) is 44.5 Å². The molecule has 0 unspecified atom stereocenters. The summed E-state index contributed by atoms with van der Waals surface area (Å²) in [4.78, 5) is 28.5. The number of hydrogen-bond donors (Lipinski definition) is 1. The Kier molecular flexibility index (Phi) is 8.27. The molecule has 2 aromatic rings. The standard InChI is InChI=1S/C22H31N3O4/c1-16(2)11-21(26)23-18-8-9-20(24(3)4)17(12-18)13-25(22(27)15-28-5)14-19-7-6-10-29-19/h6-10,12,16H,11,13-15H2,1-5H3,(H,23,26). The van der Waals surface area contributed by atoms with E-state index in [1.807, 2.05) is 57.1 Å². The second kappa shape index (κ2) is 10.7. The molecule has 0 aliphatic rings. The number of anilines is 2. The molecule has 7 heteroatoms. The lowest BCUT2D eigenvalue weighted by Crippen LogP contribution is -2.33. The molecule has 0 atom stereocenters. The number of carbonyl (C=O) groups excluding carboxylic acids is 2. The molecule has 29 heavy (non-hydrogen) atoms. The zero-order valence-electron chi connectivity index (χ0n) is 17.9.